The third-order valence-electron chi connectivity index (χ3n) is 5.84. The normalized spacial score (nSPS) is 23.1. The van der Waals surface area contributed by atoms with Gasteiger partial charge >= 0.3 is 5.97 Å². The molecule has 0 spiro atoms. The van der Waals surface area contributed by atoms with Crippen LogP contribution in [0.5, 0.6) is 0 Å². The highest BCUT2D eigenvalue weighted by Crippen LogP contribution is 2.46. The molecular weight excluding hydrogens is 335 g/mol. The standard InChI is InChI=1S/C20H21FN2O3/c21-15-6-5-13(11-22)17-14-7-8-26-20(10-16(24)25,19(14)23-18(15)17)9-12-3-1-2-4-12/h5-6,12,23H,1-4,7-10H2,(H,24,25). The van der Waals surface area contributed by atoms with Gasteiger partial charge < -0.3 is 14.8 Å². The van der Waals surface area contributed by atoms with Crippen LogP contribution >= 0.6 is 0 Å². The summed E-state index contributed by atoms with van der Waals surface area (Å²) in [6, 6.07) is 4.89. The van der Waals surface area contributed by atoms with E-state index < -0.39 is 17.4 Å². The number of carboxylic acid groups (broad SMARTS) is 1. The van der Waals surface area contributed by atoms with Crippen molar-refractivity contribution in [2.45, 2.75) is 50.5 Å². The van der Waals surface area contributed by atoms with E-state index in [1.165, 1.54) is 12.1 Å². The first-order chi connectivity index (χ1) is 12.5. The molecule has 1 unspecified atom stereocenters. The van der Waals surface area contributed by atoms with E-state index in [2.05, 4.69) is 11.1 Å². The lowest BCUT2D eigenvalue weighted by Gasteiger charge is -2.38. The second kappa shape index (κ2) is 6.40. The van der Waals surface area contributed by atoms with Gasteiger partial charge in [0.15, 0.2) is 0 Å². The topological polar surface area (TPSA) is 86.1 Å². The molecule has 0 radical (unpaired) electrons. The first-order valence-corrected chi connectivity index (χ1v) is 9.13. The van der Waals surface area contributed by atoms with Gasteiger partial charge in [-0.05, 0) is 36.5 Å². The molecule has 1 atom stereocenters. The zero-order valence-corrected chi connectivity index (χ0v) is 14.5. The predicted molar refractivity (Wildman–Crippen MR) is 93.1 cm³/mol. The largest absolute Gasteiger partial charge is 0.481 e. The minimum Gasteiger partial charge on any atom is -0.481 e. The molecular formula is C20H21FN2O3. The molecule has 1 aliphatic heterocycles. The number of rotatable bonds is 4. The number of carbonyl (C=O) groups is 1. The Kier molecular flexibility index (Phi) is 4.20. The van der Waals surface area contributed by atoms with Gasteiger partial charge in [0.05, 0.1) is 35.9 Å². The SMILES string of the molecule is N#Cc1ccc(F)c2[nH]c3c(c12)CCOC3(CC(=O)O)CC1CCCC1. The van der Waals surface area contributed by atoms with Crippen LogP contribution in [0.25, 0.3) is 10.9 Å². The second-order valence-electron chi connectivity index (χ2n) is 7.45. The van der Waals surface area contributed by atoms with Crippen LogP contribution in [-0.2, 0) is 21.6 Å². The van der Waals surface area contributed by atoms with Gasteiger partial charge in [0.2, 0.25) is 0 Å². The van der Waals surface area contributed by atoms with Crippen LogP contribution in [0.4, 0.5) is 4.39 Å². The van der Waals surface area contributed by atoms with E-state index in [0.717, 1.165) is 31.2 Å². The van der Waals surface area contributed by atoms with Gasteiger partial charge in [0, 0.05) is 5.39 Å². The summed E-state index contributed by atoms with van der Waals surface area (Å²) < 4.78 is 20.5. The van der Waals surface area contributed by atoms with Gasteiger partial charge in [-0.2, -0.15) is 5.26 Å². The van der Waals surface area contributed by atoms with Crippen molar-refractivity contribution >= 4 is 16.9 Å². The molecule has 1 fully saturated rings. The first-order valence-electron chi connectivity index (χ1n) is 9.13. The number of hydrogen-bond acceptors (Lipinski definition) is 3. The minimum absolute atomic E-state index is 0.160. The summed E-state index contributed by atoms with van der Waals surface area (Å²) in [5.74, 6) is -0.957. The smallest absolute Gasteiger partial charge is 0.306 e. The Balaban J connectivity index is 1.91. The minimum atomic E-state index is -0.980. The molecule has 5 nitrogen and oxygen atoms in total. The van der Waals surface area contributed by atoms with Crippen molar-refractivity contribution in [2.24, 2.45) is 5.92 Å². The number of nitriles is 1. The molecule has 1 aromatic heterocycles. The van der Waals surface area contributed by atoms with Crippen LogP contribution in [0.1, 0.15) is 55.3 Å². The summed E-state index contributed by atoms with van der Waals surface area (Å²) in [4.78, 5) is 14.8. The number of fused-ring (bicyclic) bond motifs is 3. The van der Waals surface area contributed by atoms with Crippen LogP contribution < -0.4 is 0 Å². The maximum absolute atomic E-state index is 14.4. The van der Waals surface area contributed by atoms with E-state index in [0.29, 0.717) is 42.0 Å². The van der Waals surface area contributed by atoms with Crippen molar-refractivity contribution in [1.29, 1.82) is 5.26 Å². The Bertz CT molecular complexity index is 908. The third-order valence-corrected chi connectivity index (χ3v) is 5.84. The first kappa shape index (κ1) is 17.0. The van der Waals surface area contributed by atoms with Crippen molar-refractivity contribution in [1.82, 2.24) is 4.98 Å². The van der Waals surface area contributed by atoms with E-state index in [4.69, 9.17) is 4.74 Å². The summed E-state index contributed by atoms with van der Waals surface area (Å²) in [6.45, 7) is 0.376. The Hall–Kier alpha value is -2.39. The molecule has 2 aromatic rings. The van der Waals surface area contributed by atoms with Gasteiger partial charge in [-0.3, -0.25) is 4.79 Å². The highest BCUT2D eigenvalue weighted by Gasteiger charge is 2.44. The van der Waals surface area contributed by atoms with E-state index in [-0.39, 0.29) is 11.9 Å². The van der Waals surface area contributed by atoms with Gasteiger partial charge in [-0.25, -0.2) is 4.39 Å². The maximum atomic E-state index is 14.4. The molecule has 1 saturated carbocycles. The average Bonchev–Trinajstić information content (AvgIpc) is 3.24. The number of nitrogens with one attached hydrogen (secondary N) is 1. The second-order valence-corrected chi connectivity index (χ2v) is 7.45. The molecule has 1 aromatic carbocycles. The molecule has 2 heterocycles. The molecule has 0 amide bonds. The molecule has 136 valence electrons. The predicted octanol–water partition coefficient (Wildman–Crippen LogP) is 4.00. The zero-order valence-electron chi connectivity index (χ0n) is 14.5. The number of hydrogen-bond donors (Lipinski definition) is 2. The Morgan fingerprint density at radius 2 is 2.19 bits per heavy atom. The highest BCUT2D eigenvalue weighted by atomic mass is 19.1. The molecule has 0 saturated heterocycles. The number of nitrogens with zero attached hydrogens (tertiary/aromatic N) is 1. The Labute approximate surface area is 150 Å². The fourth-order valence-corrected chi connectivity index (χ4v) is 4.79. The van der Waals surface area contributed by atoms with Gasteiger partial charge in [-0.1, -0.05) is 25.7 Å². The lowest BCUT2D eigenvalue weighted by atomic mass is 9.80. The summed E-state index contributed by atoms with van der Waals surface area (Å²) in [6.07, 6.45) is 5.44. The summed E-state index contributed by atoms with van der Waals surface area (Å²) >= 11 is 0. The van der Waals surface area contributed by atoms with Gasteiger partial charge in [0.25, 0.3) is 0 Å². The van der Waals surface area contributed by atoms with Crippen molar-refractivity contribution < 1.29 is 19.0 Å². The molecule has 4 rings (SSSR count). The summed E-state index contributed by atoms with van der Waals surface area (Å²) in [7, 11) is 0. The van der Waals surface area contributed by atoms with Crippen LogP contribution in [0.15, 0.2) is 12.1 Å². The van der Waals surface area contributed by atoms with Crippen molar-refractivity contribution in [3.8, 4) is 6.07 Å². The number of aromatic nitrogens is 1. The number of aliphatic carboxylic acids is 1. The molecule has 0 bridgehead atoms. The van der Waals surface area contributed by atoms with Crippen LogP contribution in [-0.4, -0.2) is 22.7 Å². The van der Waals surface area contributed by atoms with Crippen molar-refractivity contribution in [3.63, 3.8) is 0 Å². The molecule has 2 N–H and O–H groups in total. The molecule has 1 aliphatic carbocycles. The zero-order chi connectivity index (χ0) is 18.3. The Morgan fingerprint density at radius 1 is 1.42 bits per heavy atom. The Morgan fingerprint density at radius 3 is 2.88 bits per heavy atom. The fourth-order valence-electron chi connectivity index (χ4n) is 4.79. The van der Waals surface area contributed by atoms with E-state index in [9.17, 15) is 19.6 Å². The number of halogens is 1. The van der Waals surface area contributed by atoms with Crippen LogP contribution in [0.3, 0.4) is 0 Å². The molecule has 6 heteroatoms. The van der Waals surface area contributed by atoms with Crippen LogP contribution in [0, 0.1) is 23.1 Å². The summed E-state index contributed by atoms with van der Waals surface area (Å²) in [5.41, 5.74) is 1.19. The number of H-pyrrole nitrogens is 1. The molecule has 26 heavy (non-hydrogen) atoms. The fraction of sp³-hybridized carbons (Fsp3) is 0.500. The van der Waals surface area contributed by atoms with Gasteiger partial charge in [0.1, 0.15) is 11.4 Å². The lowest BCUT2D eigenvalue weighted by molar-refractivity contribution is -0.150. The summed E-state index contributed by atoms with van der Waals surface area (Å²) in [5, 5.41) is 19.6. The average molecular weight is 356 g/mol. The number of aromatic amines is 1. The molecule has 2 aliphatic rings. The van der Waals surface area contributed by atoms with Crippen LogP contribution in [0.2, 0.25) is 0 Å². The number of ether oxygens (including phenoxy) is 1. The quantitative estimate of drug-likeness (QED) is 0.867. The van der Waals surface area contributed by atoms with Crippen molar-refractivity contribution in [3.05, 3.63) is 34.8 Å². The number of carboxylic acids is 1. The van der Waals surface area contributed by atoms with E-state index >= 15 is 0 Å². The maximum Gasteiger partial charge on any atom is 0.306 e. The van der Waals surface area contributed by atoms with E-state index in [1.807, 2.05) is 0 Å². The van der Waals surface area contributed by atoms with Gasteiger partial charge in [-0.15, -0.1) is 0 Å². The van der Waals surface area contributed by atoms with Crippen molar-refractivity contribution in [2.75, 3.05) is 6.61 Å². The number of benzene rings is 1. The monoisotopic (exact) mass is 356 g/mol. The third kappa shape index (κ3) is 2.67. The highest BCUT2D eigenvalue weighted by molar-refractivity contribution is 5.91. The lowest BCUT2D eigenvalue weighted by Crippen LogP contribution is -2.39. The van der Waals surface area contributed by atoms with E-state index in [1.54, 1.807) is 0 Å².